The topological polar surface area (TPSA) is 75.7 Å². The van der Waals surface area contributed by atoms with Crippen molar-refractivity contribution in [1.82, 2.24) is 0 Å². The Morgan fingerprint density at radius 1 is 1.05 bits per heavy atom. The summed E-state index contributed by atoms with van der Waals surface area (Å²) >= 11 is 0. The summed E-state index contributed by atoms with van der Waals surface area (Å²) in [6, 6.07) is 6.14. The van der Waals surface area contributed by atoms with Gasteiger partial charge in [0.05, 0.1) is 19.2 Å². The zero-order valence-corrected chi connectivity index (χ0v) is 14.8. The third-order valence-electron chi connectivity index (χ3n) is 2.81. The van der Waals surface area contributed by atoms with E-state index < -0.39 is 11.9 Å². The predicted molar refractivity (Wildman–Crippen MR) is 81.6 cm³/mol. The van der Waals surface area contributed by atoms with Crippen LogP contribution in [-0.2, 0) is 9.53 Å². The minimum absolute atomic E-state index is 0. The van der Waals surface area contributed by atoms with Gasteiger partial charge in [0.1, 0.15) is 5.75 Å². The van der Waals surface area contributed by atoms with Crippen molar-refractivity contribution in [3.8, 4) is 5.75 Å². The van der Waals surface area contributed by atoms with Gasteiger partial charge < -0.3 is 19.4 Å². The van der Waals surface area contributed by atoms with Crippen molar-refractivity contribution in [2.24, 2.45) is 0 Å². The average Bonchev–Trinajstić information content (AvgIpc) is 2.50. The summed E-state index contributed by atoms with van der Waals surface area (Å²) in [5.41, 5.74) is 0.136. The monoisotopic (exact) mass is 331 g/mol. The van der Waals surface area contributed by atoms with Crippen molar-refractivity contribution < 1.29 is 24.2 Å². The number of benzene rings is 1. The van der Waals surface area contributed by atoms with Crippen LogP contribution in [0.3, 0.4) is 0 Å². The van der Waals surface area contributed by atoms with Gasteiger partial charge in [0.25, 0.3) is 0 Å². The number of hydrogen-bond acceptors (Lipinski definition) is 5. The molecule has 0 aliphatic carbocycles. The normalized spacial score (nSPS) is 9.45. The molecule has 0 aromatic heterocycles. The Balaban J connectivity index is 0.00000441. The number of carbonyl (C=O) groups is 2. The van der Waals surface area contributed by atoms with Gasteiger partial charge >= 0.3 is 43.7 Å². The maximum atomic E-state index is 10.8. The first-order valence-corrected chi connectivity index (χ1v) is 6.87. The third-order valence-corrected chi connectivity index (χ3v) is 2.81. The molecule has 0 saturated heterocycles. The summed E-state index contributed by atoms with van der Waals surface area (Å²) in [4.78, 5) is 21.3. The first-order chi connectivity index (χ1) is 10.1. The van der Waals surface area contributed by atoms with Gasteiger partial charge in [0, 0.05) is 6.08 Å². The molecule has 6 heteroatoms. The molecule has 1 rings (SSSR count). The summed E-state index contributed by atoms with van der Waals surface area (Å²) in [6.45, 7) is 4.30. The molecule has 0 aliphatic heterocycles. The molecule has 0 bridgehead atoms. The van der Waals surface area contributed by atoms with Crippen LogP contribution >= 0.6 is 0 Å². The Morgan fingerprint density at radius 2 is 1.64 bits per heavy atom. The van der Waals surface area contributed by atoms with Crippen LogP contribution in [0.5, 0.6) is 5.75 Å². The SMILES string of the molecule is C=CC(=O)OCCCCCCOc1ccc(C(=O)[O-])cc1.[Ca+2]. The molecule has 0 amide bonds. The first kappa shape index (κ1) is 21.0. The summed E-state index contributed by atoms with van der Waals surface area (Å²) in [5, 5.41) is 10.6. The zero-order valence-electron chi connectivity index (χ0n) is 12.6. The Kier molecular flexibility index (Phi) is 11.9. The van der Waals surface area contributed by atoms with Gasteiger partial charge in [-0.15, -0.1) is 0 Å². The van der Waals surface area contributed by atoms with E-state index in [9.17, 15) is 14.7 Å². The summed E-state index contributed by atoms with van der Waals surface area (Å²) < 4.78 is 10.3. The Bertz CT molecular complexity index is 470. The van der Waals surface area contributed by atoms with E-state index in [1.807, 2.05) is 0 Å². The van der Waals surface area contributed by atoms with Crippen LogP contribution in [0.25, 0.3) is 0 Å². The van der Waals surface area contributed by atoms with Crippen LogP contribution in [0, 0.1) is 0 Å². The van der Waals surface area contributed by atoms with Gasteiger partial charge in [-0.05, 0) is 55.5 Å². The van der Waals surface area contributed by atoms with Gasteiger partial charge in [0.2, 0.25) is 0 Å². The maximum Gasteiger partial charge on any atom is 2.00 e. The maximum absolute atomic E-state index is 10.8. The fraction of sp³-hybridized carbons (Fsp3) is 0.375. The van der Waals surface area contributed by atoms with Crippen LogP contribution in [0.1, 0.15) is 36.0 Å². The van der Waals surface area contributed by atoms with Crippen molar-refractivity contribution in [2.45, 2.75) is 25.7 Å². The molecule has 0 atom stereocenters. The number of hydrogen-bond donors (Lipinski definition) is 0. The fourth-order valence-corrected chi connectivity index (χ4v) is 1.67. The largest absolute Gasteiger partial charge is 2.00 e. The molecule has 0 heterocycles. The molecular weight excluding hydrogens is 312 g/mol. The Labute approximate surface area is 160 Å². The Hall–Kier alpha value is -1.04. The van der Waals surface area contributed by atoms with Crippen molar-refractivity contribution in [3.63, 3.8) is 0 Å². The Morgan fingerprint density at radius 3 is 2.18 bits per heavy atom. The second-order valence-electron chi connectivity index (χ2n) is 4.45. The van der Waals surface area contributed by atoms with E-state index in [0.29, 0.717) is 19.0 Å². The van der Waals surface area contributed by atoms with Gasteiger partial charge in [-0.2, -0.15) is 0 Å². The van der Waals surface area contributed by atoms with Gasteiger partial charge in [-0.3, -0.25) is 0 Å². The van der Waals surface area contributed by atoms with E-state index in [1.165, 1.54) is 12.1 Å². The van der Waals surface area contributed by atoms with Gasteiger partial charge in [-0.1, -0.05) is 6.58 Å². The number of esters is 1. The second kappa shape index (κ2) is 12.5. The second-order valence-corrected chi connectivity index (χ2v) is 4.45. The molecule has 1 aromatic rings. The number of carbonyl (C=O) groups excluding carboxylic acids is 2. The number of unbranched alkanes of at least 4 members (excludes halogenated alkanes) is 3. The quantitative estimate of drug-likeness (QED) is 0.280. The number of carboxylic acid groups (broad SMARTS) is 1. The van der Waals surface area contributed by atoms with Crippen molar-refractivity contribution in [3.05, 3.63) is 42.5 Å². The fourth-order valence-electron chi connectivity index (χ4n) is 1.67. The summed E-state index contributed by atoms with van der Waals surface area (Å²) in [7, 11) is 0. The van der Waals surface area contributed by atoms with Gasteiger partial charge in [0.15, 0.2) is 0 Å². The molecule has 0 radical (unpaired) electrons. The molecule has 5 nitrogen and oxygen atoms in total. The first-order valence-electron chi connectivity index (χ1n) is 6.87. The number of carboxylic acids is 1. The molecule has 0 saturated carbocycles. The van der Waals surface area contributed by atoms with Crippen LogP contribution in [0.4, 0.5) is 0 Å². The molecule has 0 unspecified atom stereocenters. The van der Waals surface area contributed by atoms with Gasteiger partial charge in [-0.25, -0.2) is 4.79 Å². The molecule has 1 aromatic carbocycles. The van der Waals surface area contributed by atoms with Crippen molar-refractivity contribution in [2.75, 3.05) is 13.2 Å². The number of ether oxygens (including phenoxy) is 2. The van der Waals surface area contributed by atoms with Crippen molar-refractivity contribution in [1.29, 1.82) is 0 Å². The average molecular weight is 331 g/mol. The summed E-state index contributed by atoms with van der Waals surface area (Å²) in [6.07, 6.45) is 4.79. The zero-order chi connectivity index (χ0) is 15.5. The van der Waals surface area contributed by atoms with E-state index in [-0.39, 0.29) is 43.3 Å². The minimum Gasteiger partial charge on any atom is -0.545 e. The standard InChI is InChI=1S/C16H20O5.Ca/c1-2-15(17)21-12-6-4-3-5-11-20-14-9-7-13(8-10-14)16(18)19;/h2,7-10H,1,3-6,11-12H2,(H,18,19);/q;+2/p-1. The van der Waals surface area contributed by atoms with Crippen LogP contribution in [0.15, 0.2) is 36.9 Å². The van der Waals surface area contributed by atoms with Crippen molar-refractivity contribution >= 4 is 49.7 Å². The predicted octanol–water partition coefficient (Wildman–Crippen LogP) is 1.34. The third kappa shape index (κ3) is 9.07. The van der Waals surface area contributed by atoms with E-state index in [4.69, 9.17) is 9.47 Å². The molecule has 0 N–H and O–H groups in total. The summed E-state index contributed by atoms with van der Waals surface area (Å²) in [5.74, 6) is -0.947. The van der Waals surface area contributed by atoms with Crippen LogP contribution in [-0.4, -0.2) is 62.9 Å². The molecule has 114 valence electrons. The van der Waals surface area contributed by atoms with E-state index in [2.05, 4.69) is 6.58 Å². The van der Waals surface area contributed by atoms with E-state index >= 15 is 0 Å². The van der Waals surface area contributed by atoms with E-state index in [1.54, 1.807) is 12.1 Å². The molecule has 22 heavy (non-hydrogen) atoms. The molecule has 0 aliphatic rings. The smallest absolute Gasteiger partial charge is 0.545 e. The molecule has 0 fully saturated rings. The van der Waals surface area contributed by atoms with E-state index in [0.717, 1.165) is 31.8 Å². The molecular formula is C16H19CaO5+. The number of rotatable bonds is 10. The van der Waals surface area contributed by atoms with Crippen LogP contribution in [0.2, 0.25) is 0 Å². The molecule has 0 spiro atoms. The minimum atomic E-state index is -1.20. The number of aromatic carboxylic acids is 1. The van der Waals surface area contributed by atoms with Crippen LogP contribution < -0.4 is 9.84 Å².